The van der Waals surface area contributed by atoms with Crippen molar-refractivity contribution in [2.24, 2.45) is 12.1 Å². The van der Waals surface area contributed by atoms with Gasteiger partial charge in [0.1, 0.15) is 5.75 Å². The number of hydrazone groups is 1. The van der Waals surface area contributed by atoms with Gasteiger partial charge in [-0.2, -0.15) is 10.2 Å². The Hall–Kier alpha value is -3.48. The van der Waals surface area contributed by atoms with Gasteiger partial charge in [-0.3, -0.25) is 9.59 Å². The summed E-state index contributed by atoms with van der Waals surface area (Å²) in [6.07, 6.45) is 0. The van der Waals surface area contributed by atoms with Crippen molar-refractivity contribution >= 4 is 22.4 Å². The van der Waals surface area contributed by atoms with E-state index in [-0.39, 0.29) is 11.3 Å². The number of para-hydroxylation sites is 1. The van der Waals surface area contributed by atoms with Crippen LogP contribution >= 0.6 is 0 Å². The van der Waals surface area contributed by atoms with Crippen LogP contribution in [0.3, 0.4) is 0 Å². The third kappa shape index (κ3) is 3.19. The highest BCUT2D eigenvalue weighted by molar-refractivity contribution is 6.06. The van der Waals surface area contributed by atoms with Crippen LogP contribution in [0.1, 0.15) is 23.0 Å². The van der Waals surface area contributed by atoms with E-state index in [9.17, 15) is 9.59 Å². The van der Waals surface area contributed by atoms with E-state index in [4.69, 9.17) is 4.74 Å². The zero-order chi connectivity index (χ0) is 18.7. The molecule has 2 aromatic carbocycles. The maximum atomic E-state index is 12.6. The molecule has 0 radical (unpaired) electrons. The fourth-order valence-corrected chi connectivity index (χ4v) is 2.66. The average molecular weight is 350 g/mol. The second-order valence-corrected chi connectivity index (χ2v) is 5.66. The number of rotatable bonds is 4. The number of nitrogens with one attached hydrogen (secondary N) is 1. The minimum atomic E-state index is -0.494. The van der Waals surface area contributed by atoms with Crippen molar-refractivity contribution in [1.29, 1.82) is 0 Å². The van der Waals surface area contributed by atoms with Gasteiger partial charge in [0.05, 0.1) is 18.2 Å². The Morgan fingerprint density at radius 1 is 1.12 bits per heavy atom. The number of benzene rings is 2. The Labute approximate surface area is 149 Å². The lowest BCUT2D eigenvalue weighted by molar-refractivity contribution is 0.0949. The summed E-state index contributed by atoms with van der Waals surface area (Å²) < 4.78 is 6.45. The highest BCUT2D eigenvalue weighted by atomic mass is 16.5. The van der Waals surface area contributed by atoms with Gasteiger partial charge in [-0.1, -0.05) is 30.3 Å². The molecule has 0 fully saturated rings. The topological polar surface area (TPSA) is 85.6 Å². The molecular weight excluding hydrogens is 332 g/mol. The molecule has 1 aromatic heterocycles. The molecule has 0 aliphatic carbocycles. The van der Waals surface area contributed by atoms with Crippen LogP contribution in [0.5, 0.6) is 5.75 Å². The number of aromatic nitrogens is 2. The number of methoxy groups -OCH3 is 1. The first-order valence-electron chi connectivity index (χ1n) is 7.97. The molecule has 0 atom stereocenters. The molecule has 0 aliphatic rings. The van der Waals surface area contributed by atoms with Gasteiger partial charge in [0.15, 0.2) is 5.69 Å². The van der Waals surface area contributed by atoms with Crippen LogP contribution < -0.4 is 15.7 Å². The molecule has 0 unspecified atom stereocenters. The van der Waals surface area contributed by atoms with Crippen molar-refractivity contribution in [3.63, 3.8) is 0 Å². The predicted molar refractivity (Wildman–Crippen MR) is 99.7 cm³/mol. The van der Waals surface area contributed by atoms with E-state index in [0.29, 0.717) is 22.2 Å². The number of hydrogen-bond acceptors (Lipinski definition) is 5. The van der Waals surface area contributed by atoms with Gasteiger partial charge in [-0.05, 0) is 25.1 Å². The minimum Gasteiger partial charge on any atom is -0.496 e. The smallest absolute Gasteiger partial charge is 0.292 e. The van der Waals surface area contributed by atoms with Crippen molar-refractivity contribution in [3.05, 3.63) is 70.1 Å². The molecule has 7 heteroatoms. The molecule has 1 heterocycles. The van der Waals surface area contributed by atoms with Crippen molar-refractivity contribution < 1.29 is 9.53 Å². The summed E-state index contributed by atoms with van der Waals surface area (Å²) in [5.74, 6) is 0.166. The summed E-state index contributed by atoms with van der Waals surface area (Å²) in [5.41, 5.74) is 3.74. The van der Waals surface area contributed by atoms with E-state index in [1.807, 2.05) is 24.3 Å². The number of amides is 1. The summed E-state index contributed by atoms with van der Waals surface area (Å²) >= 11 is 0. The molecule has 0 saturated heterocycles. The summed E-state index contributed by atoms with van der Waals surface area (Å²) in [4.78, 5) is 24.7. The summed E-state index contributed by atoms with van der Waals surface area (Å²) in [6.45, 7) is 1.77. The van der Waals surface area contributed by atoms with Crippen molar-refractivity contribution in [3.8, 4) is 5.75 Å². The normalized spacial score (nSPS) is 11.4. The highest BCUT2D eigenvalue weighted by Crippen LogP contribution is 2.18. The van der Waals surface area contributed by atoms with E-state index in [0.717, 1.165) is 10.2 Å². The molecule has 26 heavy (non-hydrogen) atoms. The lowest BCUT2D eigenvalue weighted by atomic mass is 10.1. The molecule has 132 valence electrons. The van der Waals surface area contributed by atoms with Crippen molar-refractivity contribution in [2.75, 3.05) is 7.11 Å². The van der Waals surface area contributed by atoms with E-state index >= 15 is 0 Å². The predicted octanol–water partition coefficient (Wildman–Crippen LogP) is 2.10. The van der Waals surface area contributed by atoms with Crippen LogP contribution in [0.4, 0.5) is 0 Å². The first kappa shape index (κ1) is 17.3. The Balaban J connectivity index is 1.95. The highest BCUT2D eigenvalue weighted by Gasteiger charge is 2.15. The number of ether oxygens (including phenoxy) is 1. The van der Waals surface area contributed by atoms with E-state index < -0.39 is 5.91 Å². The molecule has 3 aromatic rings. The van der Waals surface area contributed by atoms with Crippen LogP contribution in [0.2, 0.25) is 0 Å². The fourth-order valence-electron chi connectivity index (χ4n) is 2.66. The van der Waals surface area contributed by atoms with Crippen molar-refractivity contribution in [1.82, 2.24) is 15.2 Å². The van der Waals surface area contributed by atoms with Gasteiger partial charge in [0.2, 0.25) is 0 Å². The van der Waals surface area contributed by atoms with Gasteiger partial charge in [-0.15, -0.1) is 0 Å². The van der Waals surface area contributed by atoms with Gasteiger partial charge in [0.25, 0.3) is 11.5 Å². The fraction of sp³-hybridized carbons (Fsp3) is 0.158. The molecule has 0 saturated carbocycles. The van der Waals surface area contributed by atoms with Crippen LogP contribution in [-0.4, -0.2) is 28.5 Å². The van der Waals surface area contributed by atoms with Crippen LogP contribution in [0.25, 0.3) is 10.8 Å². The molecule has 0 bridgehead atoms. The van der Waals surface area contributed by atoms with Crippen LogP contribution in [0, 0.1) is 0 Å². The minimum absolute atomic E-state index is 0.138. The molecule has 7 nitrogen and oxygen atoms in total. The molecule has 1 N–H and O–H groups in total. The van der Waals surface area contributed by atoms with Crippen molar-refractivity contribution in [2.45, 2.75) is 6.92 Å². The van der Waals surface area contributed by atoms with E-state index in [1.54, 1.807) is 38.3 Å². The van der Waals surface area contributed by atoms with Gasteiger partial charge < -0.3 is 4.74 Å². The molecule has 3 rings (SSSR count). The average Bonchev–Trinajstić information content (AvgIpc) is 2.68. The summed E-state index contributed by atoms with van der Waals surface area (Å²) in [5, 5.41) is 9.15. The molecule has 0 spiro atoms. The van der Waals surface area contributed by atoms with E-state index in [2.05, 4.69) is 15.6 Å². The summed E-state index contributed by atoms with van der Waals surface area (Å²) in [6, 6.07) is 14.2. The number of carbonyl (C=O) groups excluding carboxylic acids is 1. The standard InChI is InChI=1S/C19H18N4O3/c1-12(13-8-6-7-11-16(13)26-3)20-21-18(24)17-14-9-4-5-10-15(14)19(25)23(2)22-17/h4-11H,1-3H3,(H,21,24)/b20-12-. The first-order valence-corrected chi connectivity index (χ1v) is 7.97. The zero-order valence-electron chi connectivity index (χ0n) is 14.7. The maximum Gasteiger partial charge on any atom is 0.292 e. The maximum absolute atomic E-state index is 12.6. The Morgan fingerprint density at radius 3 is 2.50 bits per heavy atom. The SMILES string of the molecule is COc1ccccc1/C(C)=N\NC(=O)c1nn(C)c(=O)c2ccccc12. The number of fused-ring (bicyclic) bond motifs is 1. The number of nitrogens with zero attached hydrogens (tertiary/aromatic N) is 3. The van der Waals surface area contributed by atoms with Gasteiger partial charge in [0, 0.05) is 18.0 Å². The van der Waals surface area contributed by atoms with Gasteiger partial charge in [-0.25, -0.2) is 10.1 Å². The third-order valence-electron chi connectivity index (χ3n) is 3.99. The largest absolute Gasteiger partial charge is 0.496 e. The Morgan fingerprint density at radius 2 is 1.77 bits per heavy atom. The molecular formula is C19H18N4O3. The zero-order valence-corrected chi connectivity index (χ0v) is 14.7. The Kier molecular flexibility index (Phi) is 4.79. The Bertz CT molecular complexity index is 1070. The van der Waals surface area contributed by atoms with Gasteiger partial charge >= 0.3 is 0 Å². The lowest BCUT2D eigenvalue weighted by Gasteiger charge is -2.09. The second-order valence-electron chi connectivity index (χ2n) is 5.66. The third-order valence-corrected chi connectivity index (χ3v) is 3.99. The quantitative estimate of drug-likeness (QED) is 0.577. The van der Waals surface area contributed by atoms with E-state index in [1.165, 1.54) is 7.05 Å². The first-order chi connectivity index (χ1) is 12.5. The lowest BCUT2D eigenvalue weighted by Crippen LogP contribution is -2.27. The molecule has 0 aliphatic heterocycles. The monoisotopic (exact) mass is 350 g/mol. The molecule has 1 amide bonds. The van der Waals surface area contributed by atoms with Crippen LogP contribution in [0.15, 0.2) is 58.4 Å². The number of carbonyl (C=O) groups is 1. The number of aryl methyl sites for hydroxylation is 1. The second kappa shape index (κ2) is 7.18. The summed E-state index contributed by atoms with van der Waals surface area (Å²) in [7, 11) is 3.08. The van der Waals surface area contributed by atoms with Crippen LogP contribution in [-0.2, 0) is 7.05 Å². The number of hydrogen-bond donors (Lipinski definition) is 1.